The lowest BCUT2D eigenvalue weighted by molar-refractivity contribution is -0.134. The van der Waals surface area contributed by atoms with Crippen LogP contribution in [-0.2, 0) is 9.59 Å². The van der Waals surface area contributed by atoms with Crippen LogP contribution in [0.1, 0.15) is 19.8 Å². The number of nitrogens with zero attached hydrogens (tertiary/aromatic N) is 2. The topological polar surface area (TPSA) is 92.7 Å². The fourth-order valence-electron chi connectivity index (χ4n) is 1.54. The van der Waals surface area contributed by atoms with E-state index in [-0.39, 0.29) is 12.3 Å². The molecule has 0 radical (unpaired) electrons. The Morgan fingerprint density at radius 1 is 1.24 bits per heavy atom. The van der Waals surface area contributed by atoms with E-state index in [0.29, 0.717) is 13.1 Å². The van der Waals surface area contributed by atoms with E-state index in [9.17, 15) is 9.59 Å². The van der Waals surface area contributed by atoms with E-state index in [1.165, 1.54) is 0 Å². The van der Waals surface area contributed by atoms with Crippen LogP contribution in [0.4, 0.5) is 0 Å². The lowest BCUT2D eigenvalue weighted by Crippen LogP contribution is -2.46. The Labute approximate surface area is 103 Å². The molecule has 100 valence electrons. The zero-order valence-corrected chi connectivity index (χ0v) is 11.0. The summed E-state index contributed by atoms with van der Waals surface area (Å²) in [5.74, 6) is -0.750. The third-order valence-electron chi connectivity index (χ3n) is 2.47. The molecule has 0 saturated heterocycles. The molecule has 6 heteroatoms. The smallest absolute Gasteiger partial charge is 0.240 e. The number of hydrogen-bond acceptors (Lipinski definition) is 4. The lowest BCUT2D eigenvalue weighted by atomic mass is 10.2. The van der Waals surface area contributed by atoms with Gasteiger partial charge in [0.1, 0.15) is 0 Å². The van der Waals surface area contributed by atoms with Crippen LogP contribution in [0.3, 0.4) is 0 Å². The summed E-state index contributed by atoms with van der Waals surface area (Å²) >= 11 is 0. The molecule has 0 aliphatic heterocycles. The van der Waals surface area contributed by atoms with E-state index in [4.69, 9.17) is 11.5 Å². The normalized spacial score (nSPS) is 12.5. The molecule has 1 unspecified atom stereocenters. The standard InChI is InChI=1S/C11H24N4O2/c1-4-15(7-5-6-14(2)3)11(17)9(12)8-10(13)16/h9H,4-8,12H2,1-3H3,(H2,13,16). The Kier molecular flexibility index (Phi) is 7.49. The molecule has 6 nitrogen and oxygen atoms in total. The number of carbonyl (C=O) groups excluding carboxylic acids is 2. The van der Waals surface area contributed by atoms with Crippen LogP contribution in [0.2, 0.25) is 0 Å². The summed E-state index contributed by atoms with van der Waals surface area (Å²) in [6.45, 7) is 4.05. The summed E-state index contributed by atoms with van der Waals surface area (Å²) in [6.07, 6.45) is 0.791. The van der Waals surface area contributed by atoms with Gasteiger partial charge < -0.3 is 21.3 Å². The highest BCUT2D eigenvalue weighted by Crippen LogP contribution is 1.99. The van der Waals surface area contributed by atoms with Crippen molar-refractivity contribution in [3.63, 3.8) is 0 Å². The molecule has 17 heavy (non-hydrogen) atoms. The largest absolute Gasteiger partial charge is 0.370 e. The quantitative estimate of drug-likeness (QED) is 0.572. The van der Waals surface area contributed by atoms with E-state index >= 15 is 0 Å². The van der Waals surface area contributed by atoms with E-state index in [0.717, 1.165) is 13.0 Å². The molecule has 0 aliphatic rings. The highest BCUT2D eigenvalue weighted by Gasteiger charge is 2.21. The Hall–Kier alpha value is -1.14. The van der Waals surface area contributed by atoms with Crippen LogP contribution in [0.5, 0.6) is 0 Å². The van der Waals surface area contributed by atoms with Gasteiger partial charge >= 0.3 is 0 Å². The third kappa shape index (κ3) is 6.91. The predicted molar refractivity (Wildman–Crippen MR) is 67.2 cm³/mol. The van der Waals surface area contributed by atoms with E-state index in [1.54, 1.807) is 4.90 Å². The average Bonchev–Trinajstić information content (AvgIpc) is 2.22. The van der Waals surface area contributed by atoms with Crippen molar-refractivity contribution in [2.24, 2.45) is 11.5 Å². The summed E-state index contributed by atoms with van der Waals surface area (Å²) in [5, 5.41) is 0. The number of primary amides is 1. The fraction of sp³-hybridized carbons (Fsp3) is 0.818. The van der Waals surface area contributed by atoms with Gasteiger partial charge in [0.15, 0.2) is 0 Å². The van der Waals surface area contributed by atoms with Gasteiger partial charge in [0, 0.05) is 13.1 Å². The summed E-state index contributed by atoms with van der Waals surface area (Å²) < 4.78 is 0. The van der Waals surface area contributed by atoms with Gasteiger partial charge in [-0.05, 0) is 34.0 Å². The lowest BCUT2D eigenvalue weighted by Gasteiger charge is -2.24. The number of rotatable bonds is 8. The van der Waals surface area contributed by atoms with Gasteiger partial charge in [0.2, 0.25) is 11.8 Å². The number of nitrogens with two attached hydrogens (primary N) is 2. The van der Waals surface area contributed by atoms with Crippen molar-refractivity contribution in [3.8, 4) is 0 Å². The van der Waals surface area contributed by atoms with Crippen molar-refractivity contribution in [2.45, 2.75) is 25.8 Å². The number of carbonyl (C=O) groups is 2. The third-order valence-corrected chi connectivity index (χ3v) is 2.47. The number of amides is 2. The van der Waals surface area contributed by atoms with Gasteiger partial charge in [-0.15, -0.1) is 0 Å². The second-order valence-corrected chi connectivity index (χ2v) is 4.35. The van der Waals surface area contributed by atoms with Crippen molar-refractivity contribution in [3.05, 3.63) is 0 Å². The van der Waals surface area contributed by atoms with Crippen LogP contribution < -0.4 is 11.5 Å². The second kappa shape index (κ2) is 8.03. The van der Waals surface area contributed by atoms with Crippen molar-refractivity contribution >= 4 is 11.8 Å². The first-order valence-corrected chi connectivity index (χ1v) is 5.85. The summed E-state index contributed by atoms with van der Waals surface area (Å²) in [5.41, 5.74) is 10.6. The molecule has 0 fully saturated rings. The van der Waals surface area contributed by atoms with Gasteiger partial charge in [0.05, 0.1) is 12.5 Å². The maximum absolute atomic E-state index is 11.9. The van der Waals surface area contributed by atoms with Crippen molar-refractivity contribution in [1.82, 2.24) is 9.80 Å². The molecule has 0 saturated carbocycles. The first kappa shape index (κ1) is 15.9. The molecule has 2 amide bonds. The Balaban J connectivity index is 4.15. The Morgan fingerprint density at radius 2 is 1.82 bits per heavy atom. The monoisotopic (exact) mass is 244 g/mol. The van der Waals surface area contributed by atoms with Gasteiger partial charge in [-0.1, -0.05) is 0 Å². The highest BCUT2D eigenvalue weighted by molar-refractivity contribution is 5.87. The minimum atomic E-state index is -0.813. The van der Waals surface area contributed by atoms with Crippen LogP contribution in [0.15, 0.2) is 0 Å². The van der Waals surface area contributed by atoms with Crippen LogP contribution in [0, 0.1) is 0 Å². The molecular weight excluding hydrogens is 220 g/mol. The molecule has 0 aromatic rings. The fourth-order valence-corrected chi connectivity index (χ4v) is 1.54. The van der Waals surface area contributed by atoms with Crippen LogP contribution in [0.25, 0.3) is 0 Å². The van der Waals surface area contributed by atoms with Gasteiger partial charge in [-0.25, -0.2) is 0 Å². The van der Waals surface area contributed by atoms with Crippen LogP contribution >= 0.6 is 0 Å². The maximum Gasteiger partial charge on any atom is 0.240 e. The molecule has 0 bridgehead atoms. The Bertz CT molecular complexity index is 256. The zero-order valence-electron chi connectivity index (χ0n) is 11.0. The number of hydrogen-bond donors (Lipinski definition) is 2. The molecule has 0 aromatic carbocycles. The van der Waals surface area contributed by atoms with E-state index < -0.39 is 11.9 Å². The first-order chi connectivity index (χ1) is 7.88. The van der Waals surface area contributed by atoms with Crippen molar-refractivity contribution in [2.75, 3.05) is 33.7 Å². The molecule has 0 spiro atoms. The molecule has 0 rings (SSSR count). The van der Waals surface area contributed by atoms with E-state index in [1.807, 2.05) is 21.0 Å². The molecule has 1 atom stereocenters. The summed E-state index contributed by atoms with van der Waals surface area (Å²) in [6, 6.07) is -0.813. The van der Waals surface area contributed by atoms with Crippen molar-refractivity contribution < 1.29 is 9.59 Å². The van der Waals surface area contributed by atoms with E-state index in [2.05, 4.69) is 4.90 Å². The average molecular weight is 244 g/mol. The molecular formula is C11H24N4O2. The predicted octanol–water partition coefficient (Wildman–Crippen LogP) is -1.01. The molecule has 0 aromatic heterocycles. The zero-order chi connectivity index (χ0) is 13.4. The Morgan fingerprint density at radius 3 is 2.24 bits per heavy atom. The maximum atomic E-state index is 11.9. The second-order valence-electron chi connectivity index (χ2n) is 4.35. The summed E-state index contributed by atoms with van der Waals surface area (Å²) in [7, 11) is 3.97. The van der Waals surface area contributed by atoms with Gasteiger partial charge in [0.25, 0.3) is 0 Å². The minimum absolute atomic E-state index is 0.0942. The molecule has 0 aliphatic carbocycles. The summed E-state index contributed by atoms with van der Waals surface area (Å²) in [4.78, 5) is 26.3. The van der Waals surface area contributed by atoms with Crippen molar-refractivity contribution in [1.29, 1.82) is 0 Å². The van der Waals surface area contributed by atoms with Gasteiger partial charge in [-0.3, -0.25) is 9.59 Å². The minimum Gasteiger partial charge on any atom is -0.370 e. The SMILES string of the molecule is CCN(CCCN(C)C)C(=O)C(N)CC(N)=O. The number of likely N-dealkylation sites (N-methyl/N-ethyl adjacent to an activating group) is 1. The molecule has 0 heterocycles. The first-order valence-electron chi connectivity index (χ1n) is 5.85. The highest BCUT2D eigenvalue weighted by atomic mass is 16.2. The molecule has 4 N–H and O–H groups in total. The van der Waals surface area contributed by atoms with Gasteiger partial charge in [-0.2, -0.15) is 0 Å². The van der Waals surface area contributed by atoms with Crippen LogP contribution in [-0.4, -0.2) is 61.4 Å².